The number of aromatic nitrogens is 1. The van der Waals surface area contributed by atoms with Crippen LogP contribution in [0.5, 0.6) is 0 Å². The number of hydrogen-bond donors (Lipinski definition) is 1. The fourth-order valence-electron chi connectivity index (χ4n) is 1.73. The van der Waals surface area contributed by atoms with E-state index in [1.807, 2.05) is 6.92 Å². The average molecular weight is 277 g/mol. The lowest BCUT2D eigenvalue weighted by Gasteiger charge is -2.16. The lowest BCUT2D eigenvalue weighted by atomic mass is 10.2. The highest BCUT2D eigenvalue weighted by molar-refractivity contribution is 5.98. The first-order chi connectivity index (χ1) is 9.60. The topological polar surface area (TPSA) is 62.3 Å². The largest absolute Gasteiger partial charge is 0.351 e. The summed E-state index contributed by atoms with van der Waals surface area (Å²) in [7, 11) is 1.77. The monoisotopic (exact) mass is 277 g/mol. The van der Waals surface area contributed by atoms with E-state index < -0.39 is 0 Å². The quantitative estimate of drug-likeness (QED) is 0.830. The second-order valence-corrected chi connectivity index (χ2v) is 4.77. The van der Waals surface area contributed by atoms with E-state index in [0.717, 1.165) is 25.8 Å². The fourth-order valence-corrected chi connectivity index (χ4v) is 1.73. The van der Waals surface area contributed by atoms with Gasteiger partial charge in [0.1, 0.15) is 5.69 Å². The van der Waals surface area contributed by atoms with Crippen molar-refractivity contribution in [3.05, 3.63) is 29.6 Å². The molecule has 0 saturated carbocycles. The van der Waals surface area contributed by atoms with Crippen molar-refractivity contribution in [1.29, 1.82) is 0 Å². The normalized spacial score (nSPS) is 10.2. The number of amides is 2. The number of pyridine rings is 1. The van der Waals surface area contributed by atoms with Gasteiger partial charge in [-0.25, -0.2) is 0 Å². The van der Waals surface area contributed by atoms with Crippen molar-refractivity contribution in [3.8, 4) is 0 Å². The van der Waals surface area contributed by atoms with Crippen LogP contribution < -0.4 is 5.32 Å². The molecule has 1 heterocycles. The first kappa shape index (κ1) is 16.1. The number of hydrogen-bond acceptors (Lipinski definition) is 3. The fraction of sp³-hybridized carbons (Fsp3) is 0.533. The summed E-state index contributed by atoms with van der Waals surface area (Å²) in [5.41, 5.74) is 0.786. The molecule has 0 unspecified atom stereocenters. The predicted octanol–water partition coefficient (Wildman–Crippen LogP) is 2.09. The van der Waals surface area contributed by atoms with Gasteiger partial charge in [-0.15, -0.1) is 0 Å². The van der Waals surface area contributed by atoms with E-state index in [9.17, 15) is 9.59 Å². The molecule has 0 saturated heterocycles. The van der Waals surface area contributed by atoms with Crippen LogP contribution >= 0.6 is 0 Å². The van der Waals surface area contributed by atoms with Crippen molar-refractivity contribution in [2.75, 3.05) is 20.1 Å². The van der Waals surface area contributed by atoms with E-state index in [4.69, 9.17) is 0 Å². The molecule has 1 aromatic heterocycles. The minimum atomic E-state index is -0.238. The molecule has 0 spiro atoms. The zero-order valence-electron chi connectivity index (χ0n) is 12.5. The van der Waals surface area contributed by atoms with Crippen molar-refractivity contribution in [3.63, 3.8) is 0 Å². The van der Waals surface area contributed by atoms with E-state index in [2.05, 4.69) is 17.2 Å². The predicted molar refractivity (Wildman–Crippen MR) is 78.7 cm³/mol. The standard InChI is InChI=1S/C15H23N3O2/c1-4-6-10-18(3)15(20)12-7-9-16-13(11-12)14(19)17-8-5-2/h7,9,11H,4-6,8,10H2,1-3H3,(H,17,19). The van der Waals surface area contributed by atoms with Crippen LogP contribution in [0, 0.1) is 0 Å². The summed E-state index contributed by atoms with van der Waals surface area (Å²) < 4.78 is 0. The van der Waals surface area contributed by atoms with Crippen LogP contribution in [0.3, 0.4) is 0 Å². The Labute approximate surface area is 120 Å². The van der Waals surface area contributed by atoms with Crippen LogP contribution in [0.2, 0.25) is 0 Å². The Morgan fingerprint density at radius 1 is 1.30 bits per heavy atom. The molecule has 0 aliphatic carbocycles. The van der Waals surface area contributed by atoms with E-state index in [1.165, 1.54) is 6.20 Å². The Kier molecular flexibility index (Phi) is 6.70. The first-order valence-corrected chi connectivity index (χ1v) is 7.09. The number of rotatable bonds is 7. The number of unbranched alkanes of at least 4 members (excludes halogenated alkanes) is 1. The van der Waals surface area contributed by atoms with Gasteiger partial charge in [-0.2, -0.15) is 0 Å². The number of carbonyl (C=O) groups is 2. The summed E-state index contributed by atoms with van der Waals surface area (Å²) in [6, 6.07) is 3.19. The van der Waals surface area contributed by atoms with Gasteiger partial charge in [-0.3, -0.25) is 14.6 Å². The number of nitrogens with one attached hydrogen (secondary N) is 1. The lowest BCUT2D eigenvalue weighted by molar-refractivity contribution is 0.0793. The third kappa shape index (κ3) is 4.64. The van der Waals surface area contributed by atoms with Crippen LogP contribution in [-0.2, 0) is 0 Å². The van der Waals surface area contributed by atoms with E-state index >= 15 is 0 Å². The maximum atomic E-state index is 12.2. The highest BCUT2D eigenvalue weighted by Crippen LogP contribution is 2.06. The zero-order chi connectivity index (χ0) is 15.0. The maximum Gasteiger partial charge on any atom is 0.269 e. The Morgan fingerprint density at radius 2 is 2.05 bits per heavy atom. The third-order valence-corrected chi connectivity index (χ3v) is 2.97. The average Bonchev–Trinajstić information content (AvgIpc) is 2.49. The molecule has 20 heavy (non-hydrogen) atoms. The van der Waals surface area contributed by atoms with Crippen LogP contribution in [0.1, 0.15) is 54.0 Å². The Bertz CT molecular complexity index is 460. The second kappa shape index (κ2) is 8.30. The van der Waals surface area contributed by atoms with Crippen molar-refractivity contribution in [1.82, 2.24) is 15.2 Å². The van der Waals surface area contributed by atoms with Gasteiger partial charge in [0.15, 0.2) is 0 Å². The number of nitrogens with zero attached hydrogens (tertiary/aromatic N) is 2. The summed E-state index contributed by atoms with van der Waals surface area (Å²) >= 11 is 0. The molecule has 0 aromatic carbocycles. The summed E-state index contributed by atoms with van der Waals surface area (Å²) in [6.45, 7) is 5.39. The first-order valence-electron chi connectivity index (χ1n) is 7.09. The van der Waals surface area contributed by atoms with Gasteiger partial charge in [0.2, 0.25) is 0 Å². The summed E-state index contributed by atoms with van der Waals surface area (Å²) in [5.74, 6) is -0.317. The Morgan fingerprint density at radius 3 is 2.70 bits per heavy atom. The smallest absolute Gasteiger partial charge is 0.269 e. The van der Waals surface area contributed by atoms with Crippen molar-refractivity contribution < 1.29 is 9.59 Å². The van der Waals surface area contributed by atoms with Gasteiger partial charge in [0, 0.05) is 31.9 Å². The van der Waals surface area contributed by atoms with E-state index in [0.29, 0.717) is 12.1 Å². The molecule has 1 rings (SSSR count). The second-order valence-electron chi connectivity index (χ2n) is 4.77. The molecule has 2 amide bonds. The molecular weight excluding hydrogens is 254 g/mol. The molecule has 0 atom stereocenters. The highest BCUT2D eigenvalue weighted by atomic mass is 16.2. The summed E-state index contributed by atoms with van der Waals surface area (Å²) in [5, 5.41) is 2.75. The number of carbonyl (C=O) groups excluding carboxylic acids is 2. The zero-order valence-corrected chi connectivity index (χ0v) is 12.5. The summed E-state index contributed by atoms with van der Waals surface area (Å²) in [4.78, 5) is 29.7. The highest BCUT2D eigenvalue weighted by Gasteiger charge is 2.14. The minimum Gasteiger partial charge on any atom is -0.351 e. The van der Waals surface area contributed by atoms with Gasteiger partial charge in [-0.05, 0) is 25.0 Å². The molecule has 0 aliphatic heterocycles. The van der Waals surface area contributed by atoms with Gasteiger partial charge >= 0.3 is 0 Å². The van der Waals surface area contributed by atoms with Gasteiger partial charge < -0.3 is 10.2 Å². The van der Waals surface area contributed by atoms with E-state index in [1.54, 1.807) is 24.1 Å². The molecule has 0 radical (unpaired) electrons. The van der Waals surface area contributed by atoms with E-state index in [-0.39, 0.29) is 17.5 Å². The van der Waals surface area contributed by atoms with Crippen molar-refractivity contribution >= 4 is 11.8 Å². The molecule has 0 aliphatic rings. The maximum absolute atomic E-state index is 12.2. The molecule has 0 fully saturated rings. The molecular formula is C15H23N3O2. The Hall–Kier alpha value is -1.91. The van der Waals surface area contributed by atoms with Crippen LogP contribution in [0.4, 0.5) is 0 Å². The molecule has 1 N–H and O–H groups in total. The van der Waals surface area contributed by atoms with Gasteiger partial charge in [-0.1, -0.05) is 20.3 Å². The van der Waals surface area contributed by atoms with Crippen LogP contribution in [0.15, 0.2) is 18.3 Å². The van der Waals surface area contributed by atoms with Gasteiger partial charge in [0.05, 0.1) is 0 Å². The SMILES string of the molecule is CCCCN(C)C(=O)c1ccnc(C(=O)NCCC)c1. The molecule has 110 valence electrons. The van der Waals surface area contributed by atoms with Gasteiger partial charge in [0.25, 0.3) is 11.8 Å². The summed E-state index contributed by atoms with van der Waals surface area (Å²) in [6.07, 6.45) is 4.38. The van der Waals surface area contributed by atoms with Crippen LogP contribution in [-0.4, -0.2) is 41.8 Å². The molecule has 5 nitrogen and oxygen atoms in total. The lowest BCUT2D eigenvalue weighted by Crippen LogP contribution is -2.29. The minimum absolute atomic E-state index is 0.0783. The Balaban J connectivity index is 2.76. The molecule has 5 heteroatoms. The molecule has 1 aromatic rings. The van der Waals surface area contributed by atoms with Crippen molar-refractivity contribution in [2.45, 2.75) is 33.1 Å². The van der Waals surface area contributed by atoms with Crippen LogP contribution in [0.25, 0.3) is 0 Å². The third-order valence-electron chi connectivity index (χ3n) is 2.97. The molecule has 0 bridgehead atoms. The van der Waals surface area contributed by atoms with Crippen molar-refractivity contribution in [2.24, 2.45) is 0 Å².